The third-order valence-electron chi connectivity index (χ3n) is 2.91. The molecule has 3 rings (SSSR count). The second-order valence-corrected chi connectivity index (χ2v) is 4.32. The molecule has 0 aliphatic heterocycles. The number of anilines is 1. The summed E-state index contributed by atoms with van der Waals surface area (Å²) in [6.45, 7) is 0.450. The van der Waals surface area contributed by atoms with Gasteiger partial charge in [-0.3, -0.25) is 4.57 Å². The molecule has 100 valence electrons. The summed E-state index contributed by atoms with van der Waals surface area (Å²) in [7, 11) is 0. The van der Waals surface area contributed by atoms with Crippen molar-refractivity contribution in [3.05, 3.63) is 58.8 Å². The molecule has 3 N–H and O–H groups in total. The maximum Gasteiger partial charge on any atom is 0.349 e. The largest absolute Gasteiger partial charge is 0.383 e. The van der Waals surface area contributed by atoms with Gasteiger partial charge in [0.15, 0.2) is 0 Å². The van der Waals surface area contributed by atoms with Gasteiger partial charge in [0.25, 0.3) is 0 Å². The van der Waals surface area contributed by atoms with Crippen molar-refractivity contribution in [2.24, 2.45) is 0 Å². The molecule has 0 unspecified atom stereocenters. The number of hydrogen-bond donors (Lipinski definition) is 2. The Morgan fingerprint density at radius 2 is 2.00 bits per heavy atom. The van der Waals surface area contributed by atoms with E-state index >= 15 is 0 Å². The fraction of sp³-hybridized carbons (Fsp3) is 0.0769. The second-order valence-electron chi connectivity index (χ2n) is 4.32. The van der Waals surface area contributed by atoms with E-state index in [1.165, 1.54) is 4.57 Å². The topological polar surface area (TPSA) is 102 Å². The molecule has 0 saturated heterocycles. The molecule has 0 atom stereocenters. The quantitative estimate of drug-likeness (QED) is 0.726. The van der Waals surface area contributed by atoms with Crippen LogP contribution >= 0.6 is 0 Å². The van der Waals surface area contributed by atoms with Crippen molar-refractivity contribution < 1.29 is 0 Å². The Morgan fingerprint density at radius 3 is 2.65 bits per heavy atom. The number of H-pyrrole nitrogens is 1. The lowest BCUT2D eigenvalue weighted by molar-refractivity contribution is 0.729. The Labute approximate surface area is 114 Å². The summed E-state index contributed by atoms with van der Waals surface area (Å²) in [5, 5.41) is 10.3. The molecule has 2 heterocycles. The number of aromatic amines is 1. The molecule has 0 aliphatic carbocycles. The van der Waals surface area contributed by atoms with Gasteiger partial charge in [0.2, 0.25) is 0 Å². The van der Waals surface area contributed by atoms with Gasteiger partial charge in [0.05, 0.1) is 12.7 Å². The lowest BCUT2D eigenvalue weighted by Crippen LogP contribution is -2.23. The van der Waals surface area contributed by atoms with E-state index < -0.39 is 0 Å². The van der Waals surface area contributed by atoms with Gasteiger partial charge < -0.3 is 5.73 Å². The first kappa shape index (κ1) is 12.1. The standard InChI is InChI=1S/C13H12N6O/c14-12-5-6-19(13(20)16-12)8-9-1-3-10(4-2-9)11-7-15-18-17-11/h1-7H,8H2,(H2,14,16,20)(H,15,17,18). The van der Waals surface area contributed by atoms with Gasteiger partial charge >= 0.3 is 5.69 Å². The number of hydrogen-bond acceptors (Lipinski definition) is 5. The third-order valence-corrected chi connectivity index (χ3v) is 2.91. The Kier molecular flexibility index (Phi) is 3.00. The maximum atomic E-state index is 11.6. The van der Waals surface area contributed by atoms with Crippen LogP contribution in [0.25, 0.3) is 11.3 Å². The predicted molar refractivity (Wildman–Crippen MR) is 73.8 cm³/mol. The minimum atomic E-state index is -0.356. The Balaban J connectivity index is 1.83. The molecular weight excluding hydrogens is 256 g/mol. The van der Waals surface area contributed by atoms with Gasteiger partial charge in [-0.25, -0.2) is 4.79 Å². The molecule has 0 fully saturated rings. The summed E-state index contributed by atoms with van der Waals surface area (Å²) in [5.74, 6) is 0.229. The van der Waals surface area contributed by atoms with Gasteiger partial charge in [0.1, 0.15) is 11.5 Å². The molecule has 0 amide bonds. The molecule has 2 aromatic heterocycles. The average molecular weight is 268 g/mol. The van der Waals surface area contributed by atoms with Gasteiger partial charge in [-0.15, -0.1) is 0 Å². The minimum Gasteiger partial charge on any atom is -0.383 e. The zero-order chi connectivity index (χ0) is 13.9. The van der Waals surface area contributed by atoms with Crippen molar-refractivity contribution in [1.29, 1.82) is 0 Å². The second kappa shape index (κ2) is 4.96. The van der Waals surface area contributed by atoms with Crippen LogP contribution in [-0.4, -0.2) is 25.0 Å². The molecule has 7 nitrogen and oxygen atoms in total. The highest BCUT2D eigenvalue weighted by atomic mass is 16.1. The molecule has 0 aliphatic rings. The number of aromatic nitrogens is 5. The van der Waals surface area contributed by atoms with Crippen molar-refractivity contribution in [1.82, 2.24) is 25.0 Å². The number of nitrogens with one attached hydrogen (secondary N) is 1. The van der Waals surface area contributed by atoms with Crippen LogP contribution in [0, 0.1) is 0 Å². The van der Waals surface area contributed by atoms with E-state index in [0.717, 1.165) is 16.8 Å². The average Bonchev–Trinajstić information content (AvgIpc) is 2.97. The van der Waals surface area contributed by atoms with Crippen molar-refractivity contribution in [2.75, 3.05) is 5.73 Å². The summed E-state index contributed by atoms with van der Waals surface area (Å²) >= 11 is 0. The number of benzene rings is 1. The first-order valence-electron chi connectivity index (χ1n) is 6.00. The van der Waals surface area contributed by atoms with E-state index in [0.29, 0.717) is 6.54 Å². The highest BCUT2D eigenvalue weighted by Gasteiger charge is 2.02. The number of nitrogens with zero attached hydrogens (tertiary/aromatic N) is 4. The smallest absolute Gasteiger partial charge is 0.349 e. The van der Waals surface area contributed by atoms with Crippen LogP contribution in [0.1, 0.15) is 5.56 Å². The van der Waals surface area contributed by atoms with Crippen molar-refractivity contribution in [3.63, 3.8) is 0 Å². The van der Waals surface area contributed by atoms with Crippen LogP contribution in [0.2, 0.25) is 0 Å². The molecule has 0 bridgehead atoms. The van der Waals surface area contributed by atoms with Gasteiger partial charge in [0, 0.05) is 11.8 Å². The van der Waals surface area contributed by atoms with E-state index in [-0.39, 0.29) is 11.5 Å². The molecule has 1 aromatic carbocycles. The normalized spacial score (nSPS) is 10.6. The molecule has 7 heteroatoms. The molecule has 3 aromatic rings. The first-order valence-corrected chi connectivity index (χ1v) is 6.00. The van der Waals surface area contributed by atoms with Crippen LogP contribution in [0.4, 0.5) is 5.82 Å². The van der Waals surface area contributed by atoms with E-state index in [1.54, 1.807) is 18.5 Å². The molecular formula is C13H12N6O. The van der Waals surface area contributed by atoms with Crippen molar-refractivity contribution >= 4 is 5.82 Å². The zero-order valence-electron chi connectivity index (χ0n) is 10.5. The number of nitrogens with two attached hydrogens (primary N) is 1. The summed E-state index contributed by atoms with van der Waals surface area (Å²) in [5.41, 5.74) is 7.83. The maximum absolute atomic E-state index is 11.6. The van der Waals surface area contributed by atoms with Crippen LogP contribution in [0.15, 0.2) is 47.5 Å². The fourth-order valence-corrected chi connectivity index (χ4v) is 1.88. The lowest BCUT2D eigenvalue weighted by atomic mass is 10.1. The Hall–Kier alpha value is -2.96. The summed E-state index contributed by atoms with van der Waals surface area (Å²) in [4.78, 5) is 15.3. The van der Waals surface area contributed by atoms with Crippen LogP contribution in [-0.2, 0) is 6.54 Å². The minimum absolute atomic E-state index is 0.229. The van der Waals surface area contributed by atoms with E-state index in [9.17, 15) is 4.79 Å². The van der Waals surface area contributed by atoms with Crippen LogP contribution < -0.4 is 11.4 Å². The molecule has 0 saturated carbocycles. The third kappa shape index (κ3) is 2.41. The Morgan fingerprint density at radius 1 is 1.20 bits per heavy atom. The number of nitrogen functional groups attached to an aromatic ring is 1. The van der Waals surface area contributed by atoms with Gasteiger partial charge in [-0.1, -0.05) is 24.3 Å². The van der Waals surface area contributed by atoms with E-state index in [4.69, 9.17) is 5.73 Å². The predicted octanol–water partition coefficient (Wildman–Crippen LogP) is 0.659. The zero-order valence-corrected chi connectivity index (χ0v) is 10.5. The highest BCUT2D eigenvalue weighted by molar-refractivity contribution is 5.57. The highest BCUT2D eigenvalue weighted by Crippen LogP contribution is 2.16. The van der Waals surface area contributed by atoms with E-state index in [2.05, 4.69) is 20.4 Å². The summed E-state index contributed by atoms with van der Waals surface area (Å²) in [6, 6.07) is 9.34. The van der Waals surface area contributed by atoms with Gasteiger partial charge in [-0.2, -0.15) is 20.4 Å². The Bertz CT molecular complexity index is 760. The summed E-state index contributed by atoms with van der Waals surface area (Å²) < 4.78 is 1.50. The SMILES string of the molecule is Nc1ccn(Cc2ccc(-c3cn[nH]n3)cc2)c(=O)n1. The van der Waals surface area contributed by atoms with Gasteiger partial charge in [-0.05, 0) is 11.6 Å². The molecule has 0 spiro atoms. The van der Waals surface area contributed by atoms with E-state index in [1.807, 2.05) is 24.3 Å². The van der Waals surface area contributed by atoms with Crippen LogP contribution in [0.5, 0.6) is 0 Å². The fourth-order valence-electron chi connectivity index (χ4n) is 1.88. The lowest BCUT2D eigenvalue weighted by Gasteiger charge is -2.05. The van der Waals surface area contributed by atoms with Crippen LogP contribution in [0.3, 0.4) is 0 Å². The van der Waals surface area contributed by atoms with Crippen molar-refractivity contribution in [2.45, 2.75) is 6.54 Å². The first-order chi connectivity index (χ1) is 9.72. The monoisotopic (exact) mass is 268 g/mol. The molecule has 0 radical (unpaired) electrons. The summed E-state index contributed by atoms with van der Waals surface area (Å²) in [6.07, 6.45) is 3.29. The van der Waals surface area contributed by atoms with Crippen molar-refractivity contribution in [3.8, 4) is 11.3 Å². The molecule has 20 heavy (non-hydrogen) atoms. The number of rotatable bonds is 3.